The number of anilines is 1. The van der Waals surface area contributed by atoms with Gasteiger partial charge in [0.1, 0.15) is 5.82 Å². The van der Waals surface area contributed by atoms with Crippen molar-refractivity contribution in [2.24, 2.45) is 16.6 Å². The van der Waals surface area contributed by atoms with Crippen LogP contribution in [0.25, 0.3) is 0 Å². The van der Waals surface area contributed by atoms with Gasteiger partial charge in [0.25, 0.3) is 0 Å². The van der Waals surface area contributed by atoms with Crippen LogP contribution in [-0.4, -0.2) is 29.9 Å². The van der Waals surface area contributed by atoms with Crippen molar-refractivity contribution >= 4 is 17.7 Å². The van der Waals surface area contributed by atoms with Gasteiger partial charge in [0.2, 0.25) is 5.91 Å². The number of guanidine groups is 1. The molecular formula is C15H23N5O. The van der Waals surface area contributed by atoms with E-state index in [-0.39, 0.29) is 5.91 Å². The highest BCUT2D eigenvalue weighted by Gasteiger charge is 2.16. The maximum Gasteiger partial charge on any atom is 0.227 e. The summed E-state index contributed by atoms with van der Waals surface area (Å²) in [6.07, 6.45) is 5.86. The molecule has 0 radical (unpaired) electrons. The smallest absolute Gasteiger partial charge is 0.227 e. The Morgan fingerprint density at radius 2 is 2.29 bits per heavy atom. The molecule has 1 amide bonds. The third-order valence-corrected chi connectivity index (χ3v) is 3.58. The number of nitrogens with one attached hydrogen (secondary N) is 2. The molecule has 0 bridgehead atoms. The lowest BCUT2D eigenvalue weighted by molar-refractivity contribution is -0.116. The first-order chi connectivity index (χ1) is 10.1. The van der Waals surface area contributed by atoms with Gasteiger partial charge in [0, 0.05) is 25.7 Å². The van der Waals surface area contributed by atoms with Gasteiger partial charge in [0.05, 0.1) is 0 Å². The fourth-order valence-electron chi connectivity index (χ4n) is 2.01. The first-order valence-corrected chi connectivity index (χ1v) is 7.40. The quantitative estimate of drug-likeness (QED) is 0.545. The monoisotopic (exact) mass is 289 g/mol. The van der Waals surface area contributed by atoms with Crippen molar-refractivity contribution < 1.29 is 4.79 Å². The molecule has 0 saturated heterocycles. The first kappa shape index (κ1) is 15.3. The van der Waals surface area contributed by atoms with Crippen molar-refractivity contribution in [3.63, 3.8) is 0 Å². The van der Waals surface area contributed by atoms with Crippen molar-refractivity contribution in [3.05, 3.63) is 23.9 Å². The van der Waals surface area contributed by atoms with Crippen LogP contribution in [0.2, 0.25) is 0 Å². The summed E-state index contributed by atoms with van der Waals surface area (Å²) in [7, 11) is 0. The number of aryl methyl sites for hydroxylation is 1. The largest absolute Gasteiger partial charge is 0.370 e. The number of carbonyl (C=O) groups is 1. The molecule has 1 fully saturated rings. The van der Waals surface area contributed by atoms with E-state index < -0.39 is 0 Å². The van der Waals surface area contributed by atoms with Crippen LogP contribution in [0.15, 0.2) is 23.3 Å². The molecule has 0 aromatic carbocycles. The van der Waals surface area contributed by atoms with Crippen molar-refractivity contribution in [1.29, 1.82) is 0 Å². The molecule has 114 valence electrons. The lowest BCUT2D eigenvalue weighted by Gasteiger charge is -2.23. The Balaban J connectivity index is 1.63. The topological polar surface area (TPSA) is 92.4 Å². The van der Waals surface area contributed by atoms with Gasteiger partial charge < -0.3 is 16.4 Å². The van der Waals surface area contributed by atoms with Gasteiger partial charge in [-0.3, -0.25) is 9.79 Å². The fourth-order valence-corrected chi connectivity index (χ4v) is 2.01. The second-order valence-corrected chi connectivity index (χ2v) is 5.47. The Hall–Kier alpha value is -2.11. The minimum absolute atomic E-state index is 0.0920. The molecule has 0 spiro atoms. The molecule has 1 heterocycles. The molecule has 6 nitrogen and oxygen atoms in total. The maximum atomic E-state index is 11.7. The lowest BCUT2D eigenvalue weighted by Crippen LogP contribution is -2.34. The van der Waals surface area contributed by atoms with E-state index in [1.165, 1.54) is 19.3 Å². The van der Waals surface area contributed by atoms with Crippen molar-refractivity contribution in [2.75, 3.05) is 18.4 Å². The number of amides is 1. The van der Waals surface area contributed by atoms with E-state index in [0.29, 0.717) is 30.7 Å². The summed E-state index contributed by atoms with van der Waals surface area (Å²) in [5.74, 6) is 1.59. The number of rotatable bonds is 6. The number of hydrogen-bond acceptors (Lipinski definition) is 3. The number of hydrogen-bond donors (Lipinski definition) is 3. The highest BCUT2D eigenvalue weighted by atomic mass is 16.1. The number of carbonyl (C=O) groups excluding carboxylic acids is 1. The van der Waals surface area contributed by atoms with Crippen molar-refractivity contribution in [3.8, 4) is 0 Å². The van der Waals surface area contributed by atoms with E-state index in [2.05, 4.69) is 20.6 Å². The molecular weight excluding hydrogens is 266 g/mol. The van der Waals surface area contributed by atoms with Crippen LogP contribution in [0.3, 0.4) is 0 Å². The molecule has 1 aliphatic rings. The second kappa shape index (κ2) is 7.61. The zero-order chi connectivity index (χ0) is 15.1. The predicted octanol–water partition coefficient (Wildman–Crippen LogP) is 1.42. The predicted molar refractivity (Wildman–Crippen MR) is 84.1 cm³/mol. The Kier molecular flexibility index (Phi) is 5.54. The molecule has 0 atom stereocenters. The van der Waals surface area contributed by atoms with E-state index in [4.69, 9.17) is 5.73 Å². The fraction of sp³-hybridized carbons (Fsp3) is 0.533. The van der Waals surface area contributed by atoms with E-state index in [1.54, 1.807) is 12.3 Å². The summed E-state index contributed by atoms with van der Waals surface area (Å²) in [4.78, 5) is 20.1. The summed E-state index contributed by atoms with van der Waals surface area (Å²) in [5.41, 5.74) is 6.81. The Morgan fingerprint density at radius 3 is 2.90 bits per heavy atom. The minimum Gasteiger partial charge on any atom is -0.370 e. The number of aromatic nitrogens is 1. The molecule has 4 N–H and O–H groups in total. The normalized spacial score (nSPS) is 15.4. The summed E-state index contributed by atoms with van der Waals surface area (Å²) >= 11 is 0. The third-order valence-electron chi connectivity index (χ3n) is 3.58. The van der Waals surface area contributed by atoms with Crippen LogP contribution in [0, 0.1) is 12.8 Å². The molecule has 1 aromatic rings. The Labute approximate surface area is 125 Å². The second-order valence-electron chi connectivity index (χ2n) is 5.47. The van der Waals surface area contributed by atoms with E-state index in [1.807, 2.05) is 13.0 Å². The van der Waals surface area contributed by atoms with Gasteiger partial charge in [-0.1, -0.05) is 12.5 Å². The van der Waals surface area contributed by atoms with Gasteiger partial charge in [-0.2, -0.15) is 0 Å². The molecule has 1 aliphatic carbocycles. The number of nitrogens with two attached hydrogens (primary N) is 1. The minimum atomic E-state index is -0.0920. The van der Waals surface area contributed by atoms with E-state index >= 15 is 0 Å². The average molecular weight is 289 g/mol. The number of nitrogens with zero attached hydrogens (tertiary/aromatic N) is 2. The highest BCUT2D eigenvalue weighted by molar-refractivity contribution is 5.90. The molecule has 0 aliphatic heterocycles. The van der Waals surface area contributed by atoms with Gasteiger partial charge >= 0.3 is 0 Å². The van der Waals surface area contributed by atoms with Crippen molar-refractivity contribution in [2.45, 2.75) is 32.6 Å². The average Bonchev–Trinajstić information content (AvgIpc) is 2.39. The molecule has 0 unspecified atom stereocenters. The van der Waals surface area contributed by atoms with Crippen LogP contribution in [0.1, 0.15) is 31.2 Å². The van der Waals surface area contributed by atoms with E-state index in [9.17, 15) is 4.79 Å². The standard InChI is InChI=1S/C15H23N5O/c1-11-5-6-13(18-9-11)20-14(21)7-8-17-15(16)19-10-12-3-2-4-12/h5-6,9,12H,2-4,7-8,10H2,1H3,(H3,16,17,19)(H,18,20,21). The third kappa shape index (κ3) is 5.41. The molecule has 21 heavy (non-hydrogen) atoms. The number of pyridine rings is 1. The molecule has 6 heteroatoms. The maximum absolute atomic E-state index is 11.7. The lowest BCUT2D eigenvalue weighted by atomic mass is 9.86. The zero-order valence-electron chi connectivity index (χ0n) is 12.4. The van der Waals surface area contributed by atoms with Gasteiger partial charge in [0.15, 0.2) is 5.96 Å². The van der Waals surface area contributed by atoms with Crippen LogP contribution in [0.5, 0.6) is 0 Å². The SMILES string of the molecule is Cc1ccc(NC(=O)CCNC(N)=NCC2CCC2)nc1. The zero-order valence-corrected chi connectivity index (χ0v) is 12.4. The van der Waals surface area contributed by atoms with Crippen LogP contribution >= 0.6 is 0 Å². The summed E-state index contributed by atoms with van der Waals surface area (Å²) in [5, 5.41) is 5.70. The number of aliphatic imine (C=N–C) groups is 1. The summed E-state index contributed by atoms with van der Waals surface area (Å²) in [6.45, 7) is 3.21. The van der Waals surface area contributed by atoms with E-state index in [0.717, 1.165) is 12.1 Å². The van der Waals surface area contributed by atoms with Gasteiger partial charge in [-0.15, -0.1) is 0 Å². The molecule has 2 rings (SSSR count). The van der Waals surface area contributed by atoms with Crippen LogP contribution < -0.4 is 16.4 Å². The Morgan fingerprint density at radius 1 is 1.48 bits per heavy atom. The summed E-state index contributed by atoms with van der Waals surface area (Å²) < 4.78 is 0. The highest BCUT2D eigenvalue weighted by Crippen LogP contribution is 2.26. The molecule has 1 saturated carbocycles. The van der Waals surface area contributed by atoms with Gasteiger partial charge in [-0.05, 0) is 37.3 Å². The first-order valence-electron chi connectivity index (χ1n) is 7.40. The van der Waals surface area contributed by atoms with Gasteiger partial charge in [-0.25, -0.2) is 4.98 Å². The Bertz CT molecular complexity index is 493. The molecule has 1 aromatic heterocycles. The van der Waals surface area contributed by atoms with Crippen LogP contribution in [-0.2, 0) is 4.79 Å². The summed E-state index contributed by atoms with van der Waals surface area (Å²) in [6, 6.07) is 3.70. The van der Waals surface area contributed by atoms with Crippen molar-refractivity contribution in [1.82, 2.24) is 10.3 Å². The van der Waals surface area contributed by atoms with Crippen LogP contribution in [0.4, 0.5) is 5.82 Å².